The van der Waals surface area contributed by atoms with Gasteiger partial charge in [-0.1, -0.05) is 48.6 Å². The number of allylic oxidation sites excluding steroid dienone is 8. The first-order valence-corrected chi connectivity index (χ1v) is 5.13. The SMILES string of the molecule is C1=CCC=C1.C1=CCCCCC=C1.[Rh]. The van der Waals surface area contributed by atoms with Gasteiger partial charge in [0.25, 0.3) is 0 Å². The molecule has 0 aromatic heterocycles. The second kappa shape index (κ2) is 10.7. The van der Waals surface area contributed by atoms with E-state index in [2.05, 4.69) is 48.6 Å². The summed E-state index contributed by atoms with van der Waals surface area (Å²) < 4.78 is 0. The summed E-state index contributed by atoms with van der Waals surface area (Å²) in [5, 5.41) is 0. The molecule has 0 atom stereocenters. The van der Waals surface area contributed by atoms with Gasteiger partial charge < -0.3 is 0 Å². The quantitative estimate of drug-likeness (QED) is 0.583. The van der Waals surface area contributed by atoms with Crippen LogP contribution in [0.4, 0.5) is 0 Å². The van der Waals surface area contributed by atoms with E-state index in [1.807, 2.05) is 0 Å². The van der Waals surface area contributed by atoms with Gasteiger partial charge in [-0.3, -0.25) is 0 Å². The largest absolute Gasteiger partial charge is 0.0845 e. The molecule has 0 amide bonds. The smallest absolute Gasteiger partial charge is 0 e. The van der Waals surface area contributed by atoms with Crippen molar-refractivity contribution < 1.29 is 19.5 Å². The van der Waals surface area contributed by atoms with Crippen molar-refractivity contribution in [2.75, 3.05) is 0 Å². The van der Waals surface area contributed by atoms with Gasteiger partial charge in [0.05, 0.1) is 0 Å². The molecule has 0 aliphatic heterocycles. The van der Waals surface area contributed by atoms with Gasteiger partial charge >= 0.3 is 0 Å². The van der Waals surface area contributed by atoms with Crippen molar-refractivity contribution in [1.29, 1.82) is 0 Å². The Bertz CT molecular complexity index is 197. The van der Waals surface area contributed by atoms with E-state index in [1.54, 1.807) is 0 Å². The fourth-order valence-electron chi connectivity index (χ4n) is 1.27. The molecular weight excluding hydrogens is 259 g/mol. The molecule has 0 N–H and O–H groups in total. The standard InChI is InChI=1S/C8H12.C5H6.Rh/c1-2-4-6-8-7-5-3-1;1-2-4-5-3-1;/h1-4H,5-8H2;1-4H,5H2;. The third kappa shape index (κ3) is 8.19. The Hall–Kier alpha value is -0.417. The second-order valence-electron chi connectivity index (χ2n) is 3.23. The Morgan fingerprint density at radius 1 is 0.571 bits per heavy atom. The number of hydrogen-bond donors (Lipinski definition) is 0. The van der Waals surface area contributed by atoms with Gasteiger partial charge in [-0.2, -0.15) is 0 Å². The van der Waals surface area contributed by atoms with Crippen molar-refractivity contribution >= 4 is 0 Å². The van der Waals surface area contributed by atoms with Crippen molar-refractivity contribution in [2.24, 2.45) is 0 Å². The van der Waals surface area contributed by atoms with Crippen LogP contribution in [-0.4, -0.2) is 0 Å². The van der Waals surface area contributed by atoms with Crippen LogP contribution >= 0.6 is 0 Å². The summed E-state index contributed by atoms with van der Waals surface area (Å²) in [6.07, 6.45) is 23.5. The maximum Gasteiger partial charge on any atom is 0 e. The minimum atomic E-state index is 0. The summed E-state index contributed by atoms with van der Waals surface area (Å²) in [5.74, 6) is 0. The second-order valence-corrected chi connectivity index (χ2v) is 3.23. The Kier molecular flexibility index (Phi) is 10.3. The first kappa shape index (κ1) is 13.6. The van der Waals surface area contributed by atoms with Gasteiger partial charge in [-0.05, 0) is 32.1 Å². The van der Waals surface area contributed by atoms with Crippen LogP contribution in [0.15, 0.2) is 48.6 Å². The maximum absolute atomic E-state index is 2.23. The van der Waals surface area contributed by atoms with E-state index in [9.17, 15) is 0 Å². The van der Waals surface area contributed by atoms with Gasteiger partial charge in [0.15, 0.2) is 0 Å². The van der Waals surface area contributed by atoms with Gasteiger partial charge in [0.1, 0.15) is 0 Å². The van der Waals surface area contributed by atoms with Crippen LogP contribution in [0.1, 0.15) is 32.1 Å². The molecular formula is C13H18Rh. The van der Waals surface area contributed by atoms with Crippen molar-refractivity contribution in [3.8, 4) is 0 Å². The van der Waals surface area contributed by atoms with Crippen molar-refractivity contribution in [3.63, 3.8) is 0 Å². The molecule has 0 aromatic rings. The molecule has 0 saturated carbocycles. The molecule has 79 valence electrons. The Morgan fingerprint density at radius 2 is 1.00 bits per heavy atom. The summed E-state index contributed by atoms with van der Waals surface area (Å²) >= 11 is 0. The molecule has 1 radical (unpaired) electrons. The monoisotopic (exact) mass is 277 g/mol. The average Bonchev–Trinajstić information content (AvgIpc) is 2.58. The van der Waals surface area contributed by atoms with Gasteiger partial charge in [0, 0.05) is 19.5 Å². The van der Waals surface area contributed by atoms with Crippen LogP contribution in [0.2, 0.25) is 0 Å². The predicted octanol–water partition coefficient (Wildman–Crippen LogP) is 4.17. The molecule has 0 saturated heterocycles. The molecule has 0 heterocycles. The van der Waals surface area contributed by atoms with E-state index in [0.29, 0.717) is 0 Å². The number of rotatable bonds is 0. The zero-order chi connectivity index (χ0) is 9.19. The minimum Gasteiger partial charge on any atom is -0.0845 e. The van der Waals surface area contributed by atoms with E-state index in [-0.39, 0.29) is 19.5 Å². The van der Waals surface area contributed by atoms with E-state index in [4.69, 9.17) is 0 Å². The van der Waals surface area contributed by atoms with E-state index >= 15 is 0 Å². The fraction of sp³-hybridized carbons (Fsp3) is 0.385. The van der Waals surface area contributed by atoms with Crippen LogP contribution in [-0.2, 0) is 19.5 Å². The molecule has 14 heavy (non-hydrogen) atoms. The third-order valence-electron chi connectivity index (χ3n) is 2.03. The van der Waals surface area contributed by atoms with Crippen LogP contribution in [0, 0.1) is 0 Å². The van der Waals surface area contributed by atoms with Crippen LogP contribution in [0.3, 0.4) is 0 Å². The summed E-state index contributed by atoms with van der Waals surface area (Å²) in [4.78, 5) is 0. The molecule has 2 aliphatic carbocycles. The van der Waals surface area contributed by atoms with Crippen molar-refractivity contribution in [3.05, 3.63) is 48.6 Å². The Morgan fingerprint density at radius 3 is 1.36 bits per heavy atom. The molecule has 0 unspecified atom stereocenters. The van der Waals surface area contributed by atoms with E-state index in [1.165, 1.54) is 25.7 Å². The normalized spacial score (nSPS) is 17.7. The van der Waals surface area contributed by atoms with Crippen LogP contribution in [0.25, 0.3) is 0 Å². The first-order chi connectivity index (χ1) is 6.50. The topological polar surface area (TPSA) is 0 Å². The molecule has 0 fully saturated rings. The molecule has 1 heteroatoms. The first-order valence-electron chi connectivity index (χ1n) is 5.13. The zero-order valence-corrected chi connectivity index (χ0v) is 10.1. The van der Waals surface area contributed by atoms with Crippen molar-refractivity contribution in [2.45, 2.75) is 32.1 Å². The minimum absolute atomic E-state index is 0. The van der Waals surface area contributed by atoms with Gasteiger partial charge in [0.2, 0.25) is 0 Å². The Balaban J connectivity index is 0.000000246. The third-order valence-corrected chi connectivity index (χ3v) is 2.03. The summed E-state index contributed by atoms with van der Waals surface area (Å²) in [5.41, 5.74) is 0. The molecule has 0 bridgehead atoms. The van der Waals surface area contributed by atoms with Gasteiger partial charge in [-0.15, -0.1) is 0 Å². The van der Waals surface area contributed by atoms with Gasteiger partial charge in [-0.25, -0.2) is 0 Å². The van der Waals surface area contributed by atoms with E-state index in [0.717, 1.165) is 6.42 Å². The summed E-state index contributed by atoms with van der Waals surface area (Å²) in [7, 11) is 0. The Labute approximate surface area is 100 Å². The zero-order valence-electron chi connectivity index (χ0n) is 8.49. The maximum atomic E-state index is 2.23. The fourth-order valence-corrected chi connectivity index (χ4v) is 1.27. The molecule has 2 aliphatic rings. The van der Waals surface area contributed by atoms with Crippen molar-refractivity contribution in [1.82, 2.24) is 0 Å². The number of hydrogen-bond acceptors (Lipinski definition) is 0. The molecule has 0 spiro atoms. The molecule has 0 aromatic carbocycles. The van der Waals surface area contributed by atoms with Crippen LogP contribution < -0.4 is 0 Å². The predicted molar refractivity (Wildman–Crippen MR) is 59.6 cm³/mol. The summed E-state index contributed by atoms with van der Waals surface area (Å²) in [6, 6.07) is 0. The molecule has 0 nitrogen and oxygen atoms in total. The summed E-state index contributed by atoms with van der Waals surface area (Å²) in [6.45, 7) is 0. The average molecular weight is 277 g/mol. The van der Waals surface area contributed by atoms with E-state index < -0.39 is 0 Å². The van der Waals surface area contributed by atoms with Crippen LogP contribution in [0.5, 0.6) is 0 Å². The molecule has 2 rings (SSSR count).